The number of hydrogen-bond acceptors (Lipinski definition) is 1. The third kappa shape index (κ3) is 3.21. The third-order valence-corrected chi connectivity index (χ3v) is 4.27. The Morgan fingerprint density at radius 3 is 2.75 bits per heavy atom. The number of rotatable bonds is 6. The van der Waals surface area contributed by atoms with Crippen LogP contribution < -0.4 is 9.30 Å². The number of ether oxygens (including phenoxy) is 1. The Bertz CT molecular complexity index is 861. The number of nitrogens with zero attached hydrogens (tertiary/aromatic N) is 1. The first-order chi connectivity index (χ1) is 11.6. The lowest BCUT2D eigenvalue weighted by Crippen LogP contribution is -2.36. The van der Waals surface area contributed by atoms with Gasteiger partial charge >= 0.3 is 0 Å². The van der Waals surface area contributed by atoms with Crippen LogP contribution in [0.4, 0.5) is 0 Å². The molecule has 0 aliphatic carbocycles. The first kappa shape index (κ1) is 16.3. The maximum Gasteiger partial charge on any atom is 0.294 e. The molecule has 0 fully saturated rings. The van der Waals surface area contributed by atoms with Crippen LogP contribution in [-0.4, -0.2) is 4.98 Å². The minimum absolute atomic E-state index is 0.434. The third-order valence-electron chi connectivity index (χ3n) is 4.27. The molecule has 0 saturated carbocycles. The van der Waals surface area contributed by atoms with Gasteiger partial charge in [0.05, 0.1) is 0 Å². The quantitative estimate of drug-likeness (QED) is 0.519. The fraction of sp³-hybridized carbons (Fsp3) is 0.286. The van der Waals surface area contributed by atoms with Gasteiger partial charge in [0.1, 0.15) is 12.3 Å². The zero-order chi connectivity index (χ0) is 17.1. The van der Waals surface area contributed by atoms with Crippen LogP contribution in [0.5, 0.6) is 5.75 Å². The summed E-state index contributed by atoms with van der Waals surface area (Å²) >= 11 is 0. The normalized spacial score (nSPS) is 11.2. The summed E-state index contributed by atoms with van der Waals surface area (Å²) < 4.78 is 8.41. The van der Waals surface area contributed by atoms with Crippen molar-refractivity contribution in [1.29, 1.82) is 0 Å². The van der Waals surface area contributed by atoms with Crippen LogP contribution in [0.3, 0.4) is 0 Å². The van der Waals surface area contributed by atoms with E-state index in [4.69, 9.17) is 4.74 Å². The predicted molar refractivity (Wildman–Crippen MR) is 98.3 cm³/mol. The average Bonchev–Trinajstić information content (AvgIpc) is 2.91. The van der Waals surface area contributed by atoms with E-state index in [0.717, 1.165) is 23.6 Å². The number of aromatic nitrogens is 2. The van der Waals surface area contributed by atoms with E-state index in [0.29, 0.717) is 12.5 Å². The molecule has 0 saturated heterocycles. The Hall–Kier alpha value is -2.55. The SMILES string of the molecule is C=CC[n+]1c(COc2cc(C)ccc2C(C)C)[nH]c2ccccc21. The number of imidazole rings is 1. The molecule has 1 heterocycles. The molecular formula is C21H25N2O+. The van der Waals surface area contributed by atoms with E-state index in [1.807, 2.05) is 12.1 Å². The molecule has 3 heteroatoms. The number of fused-ring (bicyclic) bond motifs is 1. The van der Waals surface area contributed by atoms with Gasteiger partial charge in [0, 0.05) is 0 Å². The van der Waals surface area contributed by atoms with Crippen molar-refractivity contribution in [2.45, 2.75) is 39.8 Å². The summed E-state index contributed by atoms with van der Waals surface area (Å²) in [6, 6.07) is 14.7. The average molecular weight is 321 g/mol. The van der Waals surface area contributed by atoms with Crippen LogP contribution in [0, 0.1) is 6.92 Å². The summed E-state index contributed by atoms with van der Waals surface area (Å²) in [4.78, 5) is 3.47. The first-order valence-electron chi connectivity index (χ1n) is 8.44. The largest absolute Gasteiger partial charge is 0.481 e. The van der Waals surface area contributed by atoms with Crippen molar-refractivity contribution in [3.63, 3.8) is 0 Å². The summed E-state index contributed by atoms with van der Waals surface area (Å²) in [7, 11) is 0. The van der Waals surface area contributed by atoms with Crippen LogP contribution in [0.2, 0.25) is 0 Å². The number of H-pyrrole nitrogens is 1. The van der Waals surface area contributed by atoms with Crippen LogP contribution in [0.25, 0.3) is 11.0 Å². The van der Waals surface area contributed by atoms with E-state index in [1.54, 1.807) is 0 Å². The smallest absolute Gasteiger partial charge is 0.294 e. The van der Waals surface area contributed by atoms with E-state index >= 15 is 0 Å². The molecule has 24 heavy (non-hydrogen) atoms. The second-order valence-electron chi connectivity index (χ2n) is 6.47. The van der Waals surface area contributed by atoms with Crippen molar-refractivity contribution >= 4 is 11.0 Å². The van der Waals surface area contributed by atoms with Gasteiger partial charge in [0.2, 0.25) is 0 Å². The second kappa shape index (κ2) is 6.91. The predicted octanol–water partition coefficient (Wildman–Crippen LogP) is 4.65. The lowest BCUT2D eigenvalue weighted by molar-refractivity contribution is -0.670. The minimum Gasteiger partial charge on any atom is -0.481 e. The number of benzene rings is 2. The number of aryl methyl sites for hydroxylation is 1. The molecule has 1 aromatic heterocycles. The zero-order valence-corrected chi connectivity index (χ0v) is 14.7. The molecule has 3 rings (SSSR count). The topological polar surface area (TPSA) is 28.9 Å². The molecule has 1 N–H and O–H groups in total. The molecule has 0 amide bonds. The molecule has 0 atom stereocenters. The molecule has 0 spiro atoms. The Labute approximate surface area is 143 Å². The summed E-state index contributed by atoms with van der Waals surface area (Å²) in [6.45, 7) is 11.6. The fourth-order valence-corrected chi connectivity index (χ4v) is 3.02. The van der Waals surface area contributed by atoms with Crippen LogP contribution in [-0.2, 0) is 13.2 Å². The van der Waals surface area contributed by atoms with Gasteiger partial charge in [-0.15, -0.1) is 0 Å². The highest BCUT2D eigenvalue weighted by Gasteiger charge is 2.18. The van der Waals surface area contributed by atoms with Gasteiger partial charge in [0.25, 0.3) is 5.82 Å². The molecule has 0 bridgehead atoms. The summed E-state index contributed by atoms with van der Waals surface area (Å²) in [5, 5.41) is 0. The highest BCUT2D eigenvalue weighted by molar-refractivity contribution is 5.71. The van der Waals surface area contributed by atoms with Crippen molar-refractivity contribution in [1.82, 2.24) is 4.98 Å². The van der Waals surface area contributed by atoms with Gasteiger partial charge in [-0.3, -0.25) is 0 Å². The lowest BCUT2D eigenvalue weighted by atomic mass is 10.0. The van der Waals surface area contributed by atoms with Gasteiger partial charge in [0.15, 0.2) is 17.6 Å². The maximum atomic E-state index is 6.20. The summed E-state index contributed by atoms with van der Waals surface area (Å²) in [6.07, 6.45) is 1.91. The molecule has 0 unspecified atom stereocenters. The first-order valence-corrected chi connectivity index (χ1v) is 8.44. The van der Waals surface area contributed by atoms with Gasteiger partial charge in [-0.2, -0.15) is 0 Å². The number of nitrogens with one attached hydrogen (secondary N) is 1. The summed E-state index contributed by atoms with van der Waals surface area (Å²) in [5.74, 6) is 2.45. The molecule has 0 radical (unpaired) electrons. The highest BCUT2D eigenvalue weighted by Crippen LogP contribution is 2.28. The van der Waals surface area contributed by atoms with E-state index < -0.39 is 0 Å². The Morgan fingerprint density at radius 2 is 2.00 bits per heavy atom. The van der Waals surface area contributed by atoms with Crippen LogP contribution in [0.15, 0.2) is 55.1 Å². The number of para-hydroxylation sites is 2. The zero-order valence-electron chi connectivity index (χ0n) is 14.7. The Morgan fingerprint density at radius 1 is 1.21 bits per heavy atom. The van der Waals surface area contributed by atoms with Gasteiger partial charge in [-0.25, -0.2) is 9.55 Å². The van der Waals surface area contributed by atoms with Gasteiger partial charge in [-0.1, -0.05) is 50.8 Å². The number of hydrogen-bond donors (Lipinski definition) is 1. The van der Waals surface area contributed by atoms with Crippen molar-refractivity contribution in [3.8, 4) is 5.75 Å². The van der Waals surface area contributed by atoms with Crippen molar-refractivity contribution in [2.75, 3.05) is 0 Å². The maximum absolute atomic E-state index is 6.20. The molecule has 2 aromatic carbocycles. The van der Waals surface area contributed by atoms with Crippen molar-refractivity contribution in [3.05, 3.63) is 72.1 Å². The van der Waals surface area contributed by atoms with E-state index in [9.17, 15) is 0 Å². The molecule has 3 nitrogen and oxygen atoms in total. The minimum atomic E-state index is 0.434. The van der Waals surface area contributed by atoms with E-state index in [-0.39, 0.29) is 0 Å². The molecule has 0 aliphatic heterocycles. The van der Waals surface area contributed by atoms with Gasteiger partial charge < -0.3 is 4.74 Å². The molecule has 124 valence electrons. The number of aromatic amines is 1. The van der Waals surface area contributed by atoms with Gasteiger partial charge in [-0.05, 0) is 42.2 Å². The van der Waals surface area contributed by atoms with Crippen molar-refractivity contribution < 1.29 is 9.30 Å². The van der Waals surface area contributed by atoms with Crippen LogP contribution in [0.1, 0.15) is 36.7 Å². The van der Waals surface area contributed by atoms with E-state index in [1.165, 1.54) is 16.6 Å². The van der Waals surface area contributed by atoms with E-state index in [2.05, 4.69) is 73.3 Å². The fourth-order valence-electron chi connectivity index (χ4n) is 3.02. The Balaban J connectivity index is 1.92. The lowest BCUT2D eigenvalue weighted by Gasteiger charge is -2.13. The van der Waals surface area contributed by atoms with Crippen LogP contribution >= 0.6 is 0 Å². The molecule has 3 aromatic rings. The molecular weight excluding hydrogens is 296 g/mol. The Kier molecular flexibility index (Phi) is 4.70. The standard InChI is InChI=1S/C21H24N2O/c1-5-12-23-19-9-7-6-8-18(19)22-21(23)14-24-20-13-16(4)10-11-17(20)15(2)3/h5-11,13,15H,1,12,14H2,2-4H3/p+1. The molecule has 0 aliphatic rings. The summed E-state index contributed by atoms with van der Waals surface area (Å²) in [5.41, 5.74) is 4.74. The monoisotopic (exact) mass is 321 g/mol. The second-order valence-corrected chi connectivity index (χ2v) is 6.47. The number of allylic oxidation sites excluding steroid dienone is 1. The highest BCUT2D eigenvalue weighted by atomic mass is 16.5. The van der Waals surface area contributed by atoms with Crippen molar-refractivity contribution in [2.24, 2.45) is 0 Å².